The highest BCUT2D eigenvalue weighted by Crippen LogP contribution is 2.27. The maximum absolute atomic E-state index is 4.78. The minimum Gasteiger partial charge on any atom is -0.211 e. The lowest BCUT2D eigenvalue weighted by molar-refractivity contribution is 0.887. The molecule has 0 bridgehead atoms. The van der Waals surface area contributed by atoms with E-state index in [1.165, 1.54) is 5.56 Å². The Labute approximate surface area is 173 Å². The second kappa shape index (κ2) is 7.89. The molecule has 0 amide bonds. The molecule has 0 N–H and O–H groups in total. The van der Waals surface area contributed by atoms with Gasteiger partial charge in [0.1, 0.15) is 0 Å². The van der Waals surface area contributed by atoms with Crippen molar-refractivity contribution in [3.63, 3.8) is 0 Å². The van der Waals surface area contributed by atoms with Crippen molar-refractivity contribution in [2.75, 3.05) is 0 Å². The maximum atomic E-state index is 4.78. The van der Waals surface area contributed by atoms with Crippen LogP contribution in [0.5, 0.6) is 0 Å². The van der Waals surface area contributed by atoms with E-state index in [1.54, 1.807) is 11.8 Å². The monoisotopic (exact) mass is 394 g/mol. The summed E-state index contributed by atoms with van der Waals surface area (Å²) in [6.45, 7) is 0. The molecule has 0 fully saturated rings. The summed E-state index contributed by atoms with van der Waals surface area (Å²) in [7, 11) is 0. The molecule has 4 nitrogen and oxygen atoms in total. The van der Waals surface area contributed by atoms with Crippen LogP contribution in [0.25, 0.3) is 28.3 Å². The van der Waals surface area contributed by atoms with Crippen molar-refractivity contribution in [1.82, 2.24) is 19.6 Å². The fraction of sp³-hybridized carbons (Fsp3) is 0.0417. The van der Waals surface area contributed by atoms with E-state index in [1.807, 2.05) is 59.1 Å². The molecule has 0 atom stereocenters. The molecule has 3 aromatic carbocycles. The molecule has 5 aromatic rings. The van der Waals surface area contributed by atoms with E-state index < -0.39 is 0 Å². The zero-order chi connectivity index (χ0) is 19.5. The average molecular weight is 395 g/mol. The molecule has 5 heteroatoms. The number of benzene rings is 3. The second-order valence-electron chi connectivity index (χ2n) is 6.64. The van der Waals surface area contributed by atoms with Crippen LogP contribution in [0.2, 0.25) is 0 Å². The van der Waals surface area contributed by atoms with Gasteiger partial charge in [0.15, 0.2) is 0 Å². The lowest BCUT2D eigenvalue weighted by Gasteiger charge is -2.07. The first-order chi connectivity index (χ1) is 14.4. The van der Waals surface area contributed by atoms with Crippen LogP contribution in [0.1, 0.15) is 5.56 Å². The van der Waals surface area contributed by atoms with Gasteiger partial charge in [-0.3, -0.25) is 0 Å². The van der Waals surface area contributed by atoms with Gasteiger partial charge in [0.2, 0.25) is 5.16 Å². The molecule has 2 aromatic heterocycles. The number of thioether (sulfide) groups is 1. The van der Waals surface area contributed by atoms with E-state index in [0.717, 1.165) is 33.4 Å². The highest BCUT2D eigenvalue weighted by molar-refractivity contribution is 7.98. The van der Waals surface area contributed by atoms with Crippen LogP contribution in [0, 0.1) is 0 Å². The average Bonchev–Trinajstić information content (AvgIpc) is 3.22. The third kappa shape index (κ3) is 3.77. The zero-order valence-electron chi connectivity index (χ0n) is 15.6. The molecular weight excluding hydrogens is 376 g/mol. The van der Waals surface area contributed by atoms with Crippen LogP contribution < -0.4 is 0 Å². The van der Waals surface area contributed by atoms with Gasteiger partial charge in [-0.15, -0.1) is 5.10 Å². The summed E-state index contributed by atoms with van der Waals surface area (Å²) in [5.41, 5.74) is 5.27. The van der Waals surface area contributed by atoms with Gasteiger partial charge in [-0.2, -0.15) is 9.50 Å². The normalized spacial score (nSPS) is 11.0. The Morgan fingerprint density at radius 1 is 0.690 bits per heavy atom. The Morgan fingerprint density at radius 3 is 2.00 bits per heavy atom. The fourth-order valence-corrected chi connectivity index (χ4v) is 3.98. The Hall–Kier alpha value is -3.44. The van der Waals surface area contributed by atoms with Crippen LogP contribution in [-0.2, 0) is 5.75 Å². The lowest BCUT2D eigenvalue weighted by atomic mass is 10.1. The van der Waals surface area contributed by atoms with E-state index in [-0.39, 0.29) is 0 Å². The zero-order valence-corrected chi connectivity index (χ0v) is 16.5. The molecule has 0 radical (unpaired) electrons. The van der Waals surface area contributed by atoms with Crippen LogP contribution in [0.3, 0.4) is 0 Å². The highest BCUT2D eigenvalue weighted by atomic mass is 32.2. The molecule has 140 valence electrons. The number of nitrogens with zero attached hydrogens (tertiary/aromatic N) is 4. The predicted molar refractivity (Wildman–Crippen MR) is 118 cm³/mol. The summed E-state index contributed by atoms with van der Waals surface area (Å²) in [5.74, 6) is 1.44. The molecule has 0 aliphatic rings. The van der Waals surface area contributed by atoms with Gasteiger partial charge < -0.3 is 0 Å². The minimum atomic E-state index is 0.612. The Morgan fingerprint density at radius 2 is 1.31 bits per heavy atom. The first-order valence-electron chi connectivity index (χ1n) is 9.42. The summed E-state index contributed by atoms with van der Waals surface area (Å²) >= 11 is 1.62. The summed E-state index contributed by atoms with van der Waals surface area (Å²) in [6.07, 6.45) is 0. The van der Waals surface area contributed by atoms with Crippen molar-refractivity contribution in [1.29, 1.82) is 0 Å². The molecule has 29 heavy (non-hydrogen) atoms. The van der Waals surface area contributed by atoms with Crippen LogP contribution in [0.15, 0.2) is 102 Å². The Balaban J connectivity index is 1.59. The van der Waals surface area contributed by atoms with Gasteiger partial charge in [0.05, 0.1) is 11.4 Å². The first kappa shape index (κ1) is 17.6. The van der Waals surface area contributed by atoms with Gasteiger partial charge in [-0.1, -0.05) is 103 Å². The van der Waals surface area contributed by atoms with E-state index in [9.17, 15) is 0 Å². The summed E-state index contributed by atoms with van der Waals surface area (Å²) in [5, 5.41) is 5.47. The van der Waals surface area contributed by atoms with Crippen molar-refractivity contribution in [2.24, 2.45) is 0 Å². The van der Waals surface area contributed by atoms with Crippen molar-refractivity contribution in [2.45, 2.75) is 10.9 Å². The molecule has 0 aliphatic heterocycles. The largest absolute Gasteiger partial charge is 0.254 e. The second-order valence-corrected chi connectivity index (χ2v) is 7.58. The number of hydrogen-bond donors (Lipinski definition) is 0. The highest BCUT2D eigenvalue weighted by Gasteiger charge is 2.14. The number of hydrogen-bond acceptors (Lipinski definition) is 4. The first-order valence-corrected chi connectivity index (χ1v) is 10.4. The van der Waals surface area contributed by atoms with E-state index in [0.29, 0.717) is 5.78 Å². The number of fused-ring (bicyclic) bond motifs is 1. The summed E-state index contributed by atoms with van der Waals surface area (Å²) < 4.78 is 1.84. The van der Waals surface area contributed by atoms with Crippen molar-refractivity contribution in [3.05, 3.63) is 103 Å². The third-order valence-corrected chi connectivity index (χ3v) is 5.55. The summed E-state index contributed by atoms with van der Waals surface area (Å²) in [6, 6.07) is 32.9. The summed E-state index contributed by atoms with van der Waals surface area (Å²) in [4.78, 5) is 9.49. The number of aromatic nitrogens is 4. The van der Waals surface area contributed by atoms with Crippen molar-refractivity contribution >= 4 is 17.5 Å². The minimum absolute atomic E-state index is 0.612. The van der Waals surface area contributed by atoms with Crippen molar-refractivity contribution < 1.29 is 0 Å². The lowest BCUT2D eigenvalue weighted by Crippen LogP contribution is -1.98. The van der Waals surface area contributed by atoms with Gasteiger partial charge in [-0.25, -0.2) is 4.98 Å². The molecule has 0 unspecified atom stereocenters. The van der Waals surface area contributed by atoms with E-state index in [4.69, 9.17) is 15.1 Å². The van der Waals surface area contributed by atoms with Gasteiger partial charge in [0.25, 0.3) is 5.78 Å². The molecular formula is C24H18N4S. The van der Waals surface area contributed by atoms with Gasteiger partial charge >= 0.3 is 0 Å². The smallest absolute Gasteiger partial charge is 0.211 e. The van der Waals surface area contributed by atoms with Gasteiger partial charge in [0, 0.05) is 16.9 Å². The topological polar surface area (TPSA) is 43.1 Å². The van der Waals surface area contributed by atoms with Gasteiger partial charge in [-0.05, 0) is 11.6 Å². The molecule has 0 spiro atoms. The predicted octanol–water partition coefficient (Wildman–Crippen LogP) is 5.75. The molecule has 0 saturated heterocycles. The molecule has 0 saturated carbocycles. The third-order valence-electron chi connectivity index (χ3n) is 4.64. The molecule has 5 rings (SSSR count). The van der Waals surface area contributed by atoms with E-state index >= 15 is 0 Å². The number of rotatable bonds is 5. The van der Waals surface area contributed by atoms with Crippen LogP contribution in [-0.4, -0.2) is 19.6 Å². The molecule has 2 heterocycles. The van der Waals surface area contributed by atoms with Crippen molar-refractivity contribution in [3.8, 4) is 22.5 Å². The standard InChI is InChI=1S/C24H18N4S/c1-4-10-18(11-5-1)17-29-24-26-23-25-21(19-12-6-2-7-13-19)16-22(28(23)27-24)20-14-8-3-9-15-20/h1-16H,17H2. The quantitative estimate of drug-likeness (QED) is 0.356. The molecule has 0 aliphatic carbocycles. The Kier molecular flexibility index (Phi) is 4.80. The van der Waals surface area contributed by atoms with Crippen LogP contribution >= 0.6 is 11.8 Å². The van der Waals surface area contributed by atoms with E-state index in [2.05, 4.69) is 42.5 Å². The SMILES string of the molecule is c1ccc(CSc2nc3nc(-c4ccccc4)cc(-c4ccccc4)n3n2)cc1. The Bertz CT molecular complexity index is 1240. The fourth-order valence-electron chi connectivity index (χ4n) is 3.20. The maximum Gasteiger partial charge on any atom is 0.254 e. The van der Waals surface area contributed by atoms with Crippen LogP contribution in [0.4, 0.5) is 0 Å².